The van der Waals surface area contributed by atoms with E-state index in [1.165, 1.54) is 11.3 Å². The van der Waals surface area contributed by atoms with Gasteiger partial charge in [-0.15, -0.1) is 0 Å². The first-order valence-corrected chi connectivity index (χ1v) is 6.66. The minimum Gasteiger partial charge on any atom is -0.315 e. The SMILES string of the molecule is CC(C)C1CNCCN1Cc1csc(=O)[nH]1. The molecular formula is C11H19N3OS. The van der Waals surface area contributed by atoms with Gasteiger partial charge in [-0.05, 0) is 5.92 Å². The van der Waals surface area contributed by atoms with Crippen molar-refractivity contribution in [2.75, 3.05) is 19.6 Å². The lowest BCUT2D eigenvalue weighted by Crippen LogP contribution is -2.53. The average Bonchev–Trinajstić information content (AvgIpc) is 2.64. The number of aromatic nitrogens is 1. The Balaban J connectivity index is 2.03. The lowest BCUT2D eigenvalue weighted by molar-refractivity contribution is 0.116. The number of rotatable bonds is 3. The molecule has 1 aliphatic rings. The maximum absolute atomic E-state index is 11.1. The van der Waals surface area contributed by atoms with Crippen molar-refractivity contribution in [1.29, 1.82) is 0 Å². The fraction of sp³-hybridized carbons (Fsp3) is 0.727. The molecule has 0 bridgehead atoms. The molecule has 1 aromatic heterocycles. The molecule has 2 rings (SSSR count). The molecule has 0 amide bonds. The molecule has 2 N–H and O–H groups in total. The largest absolute Gasteiger partial charge is 0.315 e. The Bertz CT molecular complexity index is 385. The number of nitrogens with one attached hydrogen (secondary N) is 2. The van der Waals surface area contributed by atoms with Crippen molar-refractivity contribution < 1.29 is 0 Å². The Hall–Kier alpha value is -0.650. The maximum atomic E-state index is 11.1. The number of aromatic amines is 1. The van der Waals surface area contributed by atoms with E-state index in [1.54, 1.807) is 0 Å². The van der Waals surface area contributed by atoms with Gasteiger partial charge in [0.2, 0.25) is 0 Å². The van der Waals surface area contributed by atoms with Crippen LogP contribution in [0.2, 0.25) is 0 Å². The quantitative estimate of drug-likeness (QED) is 0.825. The van der Waals surface area contributed by atoms with Gasteiger partial charge in [-0.25, -0.2) is 0 Å². The van der Waals surface area contributed by atoms with E-state index >= 15 is 0 Å². The Labute approximate surface area is 99.7 Å². The highest BCUT2D eigenvalue weighted by molar-refractivity contribution is 7.07. The summed E-state index contributed by atoms with van der Waals surface area (Å²) in [4.78, 5) is 16.5. The molecule has 90 valence electrons. The summed E-state index contributed by atoms with van der Waals surface area (Å²) >= 11 is 1.25. The first kappa shape index (κ1) is 11.8. The molecule has 1 unspecified atom stereocenters. The van der Waals surface area contributed by atoms with E-state index < -0.39 is 0 Å². The second kappa shape index (κ2) is 5.12. The summed E-state index contributed by atoms with van der Waals surface area (Å²) in [5.74, 6) is 0.637. The van der Waals surface area contributed by atoms with Gasteiger partial charge in [0.05, 0.1) is 0 Å². The van der Waals surface area contributed by atoms with Crippen molar-refractivity contribution in [3.8, 4) is 0 Å². The molecule has 1 saturated heterocycles. The van der Waals surface area contributed by atoms with Gasteiger partial charge in [-0.3, -0.25) is 9.69 Å². The molecule has 0 aromatic carbocycles. The number of hydrogen-bond acceptors (Lipinski definition) is 4. The highest BCUT2D eigenvalue weighted by Crippen LogP contribution is 2.15. The van der Waals surface area contributed by atoms with Crippen LogP contribution in [0.1, 0.15) is 19.5 Å². The average molecular weight is 241 g/mol. The molecule has 0 radical (unpaired) electrons. The van der Waals surface area contributed by atoms with Crippen LogP contribution in [0, 0.1) is 5.92 Å². The van der Waals surface area contributed by atoms with E-state index in [0.29, 0.717) is 12.0 Å². The normalized spacial score (nSPS) is 22.8. The van der Waals surface area contributed by atoms with Crippen LogP contribution >= 0.6 is 11.3 Å². The molecule has 1 fully saturated rings. The number of thiazole rings is 1. The minimum atomic E-state index is 0.0474. The highest BCUT2D eigenvalue weighted by Gasteiger charge is 2.24. The van der Waals surface area contributed by atoms with Crippen molar-refractivity contribution in [3.05, 3.63) is 20.7 Å². The van der Waals surface area contributed by atoms with Crippen LogP contribution in [0.3, 0.4) is 0 Å². The van der Waals surface area contributed by atoms with Crippen LogP contribution < -0.4 is 10.2 Å². The third-order valence-electron chi connectivity index (χ3n) is 3.11. The van der Waals surface area contributed by atoms with Gasteiger partial charge in [0.15, 0.2) is 0 Å². The van der Waals surface area contributed by atoms with Crippen molar-refractivity contribution >= 4 is 11.3 Å². The van der Waals surface area contributed by atoms with Crippen molar-refractivity contribution in [1.82, 2.24) is 15.2 Å². The lowest BCUT2D eigenvalue weighted by Gasteiger charge is -2.38. The zero-order chi connectivity index (χ0) is 11.5. The molecule has 0 spiro atoms. The lowest BCUT2D eigenvalue weighted by atomic mass is 10.0. The molecule has 2 heterocycles. The van der Waals surface area contributed by atoms with Crippen molar-refractivity contribution in [2.45, 2.75) is 26.4 Å². The summed E-state index contributed by atoms with van der Waals surface area (Å²) in [5.41, 5.74) is 1.04. The molecule has 5 heteroatoms. The molecular weight excluding hydrogens is 222 g/mol. The van der Waals surface area contributed by atoms with E-state index in [9.17, 15) is 4.79 Å². The Morgan fingerprint density at radius 1 is 1.62 bits per heavy atom. The highest BCUT2D eigenvalue weighted by atomic mass is 32.1. The summed E-state index contributed by atoms with van der Waals surface area (Å²) < 4.78 is 0. The molecule has 0 aliphatic carbocycles. The predicted octanol–water partition coefficient (Wildman–Crippen LogP) is 0.866. The number of hydrogen-bond donors (Lipinski definition) is 2. The monoisotopic (exact) mass is 241 g/mol. The second-order valence-corrected chi connectivity index (χ2v) is 5.50. The Morgan fingerprint density at radius 2 is 2.44 bits per heavy atom. The first-order valence-electron chi connectivity index (χ1n) is 5.78. The molecule has 1 aromatic rings. The van der Waals surface area contributed by atoms with E-state index in [1.807, 2.05) is 5.38 Å². The van der Waals surface area contributed by atoms with Crippen molar-refractivity contribution in [3.63, 3.8) is 0 Å². The zero-order valence-corrected chi connectivity index (χ0v) is 10.6. The van der Waals surface area contributed by atoms with Crippen molar-refractivity contribution in [2.24, 2.45) is 5.92 Å². The molecule has 0 saturated carbocycles. The van der Waals surface area contributed by atoms with Crippen LogP contribution in [0.5, 0.6) is 0 Å². The van der Waals surface area contributed by atoms with Crippen LogP contribution in [0.25, 0.3) is 0 Å². The summed E-state index contributed by atoms with van der Waals surface area (Å²) in [6, 6.07) is 0.567. The van der Waals surface area contributed by atoms with Gasteiger partial charge >= 0.3 is 4.87 Å². The smallest absolute Gasteiger partial charge is 0.304 e. The van der Waals surface area contributed by atoms with Crippen LogP contribution in [-0.2, 0) is 6.54 Å². The van der Waals surface area contributed by atoms with E-state index in [2.05, 4.69) is 29.0 Å². The van der Waals surface area contributed by atoms with E-state index in [4.69, 9.17) is 0 Å². The topological polar surface area (TPSA) is 48.1 Å². The number of nitrogens with zero attached hydrogens (tertiary/aromatic N) is 1. The third kappa shape index (κ3) is 2.72. The Kier molecular flexibility index (Phi) is 3.78. The van der Waals surface area contributed by atoms with Gasteiger partial charge in [0.25, 0.3) is 0 Å². The Morgan fingerprint density at radius 3 is 3.06 bits per heavy atom. The molecule has 16 heavy (non-hydrogen) atoms. The summed E-state index contributed by atoms with van der Waals surface area (Å²) in [6.07, 6.45) is 0. The fourth-order valence-corrected chi connectivity index (χ4v) is 2.80. The second-order valence-electron chi connectivity index (χ2n) is 4.66. The zero-order valence-electron chi connectivity index (χ0n) is 9.82. The van der Waals surface area contributed by atoms with Gasteiger partial charge in [-0.1, -0.05) is 25.2 Å². The third-order valence-corrected chi connectivity index (χ3v) is 3.83. The first-order chi connectivity index (χ1) is 7.66. The van der Waals surface area contributed by atoms with Crippen LogP contribution in [0.4, 0.5) is 0 Å². The predicted molar refractivity (Wildman–Crippen MR) is 66.8 cm³/mol. The molecule has 1 aliphatic heterocycles. The summed E-state index contributed by atoms with van der Waals surface area (Å²) in [7, 11) is 0. The minimum absolute atomic E-state index is 0.0474. The number of piperazine rings is 1. The van der Waals surface area contributed by atoms with Crippen LogP contribution in [-0.4, -0.2) is 35.6 Å². The van der Waals surface area contributed by atoms with Crippen LogP contribution in [0.15, 0.2) is 10.2 Å². The van der Waals surface area contributed by atoms with Gasteiger partial charge in [-0.2, -0.15) is 0 Å². The summed E-state index contributed by atoms with van der Waals surface area (Å²) in [6.45, 7) is 8.51. The van der Waals surface area contributed by atoms with Gasteiger partial charge < -0.3 is 10.3 Å². The standard InChI is InChI=1S/C11H19N3OS/c1-8(2)10-5-12-3-4-14(10)6-9-7-16-11(15)13-9/h7-8,10,12H,3-6H2,1-2H3,(H,13,15). The molecule has 1 atom stereocenters. The van der Waals surface area contributed by atoms with Gasteiger partial charge in [0.1, 0.15) is 0 Å². The van der Waals surface area contributed by atoms with E-state index in [-0.39, 0.29) is 4.87 Å². The fourth-order valence-electron chi connectivity index (χ4n) is 2.23. The summed E-state index contributed by atoms with van der Waals surface area (Å²) in [5, 5.41) is 5.36. The van der Waals surface area contributed by atoms with E-state index in [0.717, 1.165) is 31.9 Å². The molecule has 4 nitrogen and oxygen atoms in total. The maximum Gasteiger partial charge on any atom is 0.304 e. The number of H-pyrrole nitrogens is 1. The van der Waals surface area contributed by atoms with Gasteiger partial charge in [0, 0.05) is 43.3 Å².